The standard InChI is InChI=1S/C17H17Cl2NO3S/c1-23-15-9-11-5-2-3-6-12(11)10-16(15)24(21,22)20-14-8-4-7-13(18)17(14)19/h4,7-10,20H,2-3,5-6H2,1H3. The van der Waals surface area contributed by atoms with Gasteiger partial charge in [-0.15, -0.1) is 0 Å². The van der Waals surface area contributed by atoms with Crippen LogP contribution in [0.5, 0.6) is 5.75 Å². The number of ether oxygens (including phenoxy) is 1. The summed E-state index contributed by atoms with van der Waals surface area (Å²) in [6, 6.07) is 8.32. The summed E-state index contributed by atoms with van der Waals surface area (Å²) < 4.78 is 33.5. The minimum atomic E-state index is -3.85. The smallest absolute Gasteiger partial charge is 0.265 e. The Morgan fingerprint density at radius 1 is 1.08 bits per heavy atom. The van der Waals surface area contributed by atoms with E-state index in [1.54, 1.807) is 24.3 Å². The van der Waals surface area contributed by atoms with Crippen LogP contribution in [-0.2, 0) is 22.9 Å². The van der Waals surface area contributed by atoms with Crippen molar-refractivity contribution >= 4 is 38.9 Å². The van der Waals surface area contributed by atoms with E-state index < -0.39 is 10.0 Å². The third kappa shape index (κ3) is 3.34. The van der Waals surface area contributed by atoms with Crippen LogP contribution >= 0.6 is 23.2 Å². The summed E-state index contributed by atoms with van der Waals surface area (Å²) in [5.74, 6) is 0.335. The molecule has 0 radical (unpaired) electrons. The van der Waals surface area contributed by atoms with E-state index >= 15 is 0 Å². The highest BCUT2D eigenvalue weighted by Gasteiger charge is 2.24. The maximum Gasteiger partial charge on any atom is 0.265 e. The number of halogens is 2. The molecular formula is C17H17Cl2NO3S. The van der Waals surface area contributed by atoms with Crippen molar-refractivity contribution in [2.24, 2.45) is 0 Å². The minimum absolute atomic E-state index is 0.113. The highest BCUT2D eigenvalue weighted by Crippen LogP contribution is 2.35. The Morgan fingerprint density at radius 3 is 2.42 bits per heavy atom. The zero-order chi connectivity index (χ0) is 17.3. The number of sulfonamides is 1. The summed E-state index contributed by atoms with van der Waals surface area (Å²) in [6.07, 6.45) is 3.99. The second-order valence-corrected chi connectivity index (χ2v) is 8.12. The molecule has 128 valence electrons. The number of hydrogen-bond donors (Lipinski definition) is 1. The normalized spacial score (nSPS) is 14.1. The molecule has 0 heterocycles. The van der Waals surface area contributed by atoms with E-state index in [0.29, 0.717) is 5.75 Å². The molecule has 24 heavy (non-hydrogen) atoms. The lowest BCUT2D eigenvalue weighted by Crippen LogP contribution is -2.16. The first-order valence-electron chi connectivity index (χ1n) is 7.59. The predicted octanol–water partition coefficient (Wildman–Crippen LogP) is 4.68. The van der Waals surface area contributed by atoms with Gasteiger partial charge in [-0.3, -0.25) is 4.72 Å². The van der Waals surface area contributed by atoms with E-state index in [9.17, 15) is 8.42 Å². The Morgan fingerprint density at radius 2 is 1.75 bits per heavy atom. The van der Waals surface area contributed by atoms with Crippen molar-refractivity contribution in [1.29, 1.82) is 0 Å². The topological polar surface area (TPSA) is 55.4 Å². The van der Waals surface area contributed by atoms with Gasteiger partial charge in [-0.1, -0.05) is 29.3 Å². The summed E-state index contributed by atoms with van der Waals surface area (Å²) in [4.78, 5) is 0.113. The van der Waals surface area contributed by atoms with Gasteiger partial charge in [-0.05, 0) is 61.1 Å². The Balaban J connectivity index is 2.04. The zero-order valence-electron chi connectivity index (χ0n) is 13.1. The number of nitrogens with one attached hydrogen (secondary N) is 1. The average Bonchev–Trinajstić information content (AvgIpc) is 2.57. The molecule has 0 saturated heterocycles. The number of benzene rings is 2. The lowest BCUT2D eigenvalue weighted by atomic mass is 9.92. The van der Waals surface area contributed by atoms with E-state index in [0.717, 1.165) is 36.8 Å². The van der Waals surface area contributed by atoms with Gasteiger partial charge in [0.1, 0.15) is 10.6 Å². The van der Waals surface area contributed by atoms with Crippen molar-refractivity contribution in [1.82, 2.24) is 0 Å². The largest absolute Gasteiger partial charge is 0.495 e. The molecular weight excluding hydrogens is 369 g/mol. The second-order valence-electron chi connectivity index (χ2n) is 5.69. The summed E-state index contributed by atoms with van der Waals surface area (Å²) in [6.45, 7) is 0. The molecule has 0 fully saturated rings. The van der Waals surface area contributed by atoms with Gasteiger partial charge in [-0.2, -0.15) is 0 Å². The third-order valence-corrected chi connectivity index (χ3v) is 6.32. The molecule has 0 spiro atoms. The van der Waals surface area contributed by atoms with Gasteiger partial charge in [0.25, 0.3) is 10.0 Å². The number of fused-ring (bicyclic) bond motifs is 1. The monoisotopic (exact) mass is 385 g/mol. The maximum absolute atomic E-state index is 12.8. The molecule has 2 aromatic rings. The molecule has 0 aromatic heterocycles. The van der Waals surface area contributed by atoms with E-state index in [-0.39, 0.29) is 20.6 Å². The first-order chi connectivity index (χ1) is 11.4. The van der Waals surface area contributed by atoms with Gasteiger partial charge in [0, 0.05) is 0 Å². The lowest BCUT2D eigenvalue weighted by Gasteiger charge is -2.20. The van der Waals surface area contributed by atoms with Crippen LogP contribution < -0.4 is 9.46 Å². The van der Waals surface area contributed by atoms with Gasteiger partial charge < -0.3 is 4.74 Å². The van der Waals surface area contributed by atoms with Gasteiger partial charge in [0.05, 0.1) is 22.8 Å². The molecule has 7 heteroatoms. The SMILES string of the molecule is COc1cc2c(cc1S(=O)(=O)Nc1cccc(Cl)c1Cl)CCCC2. The highest BCUT2D eigenvalue weighted by molar-refractivity contribution is 7.92. The predicted molar refractivity (Wildman–Crippen MR) is 96.9 cm³/mol. The number of anilines is 1. The maximum atomic E-state index is 12.8. The molecule has 0 amide bonds. The van der Waals surface area contributed by atoms with Crippen LogP contribution in [0.25, 0.3) is 0 Å². The first-order valence-corrected chi connectivity index (χ1v) is 9.83. The van der Waals surface area contributed by atoms with Crippen molar-refractivity contribution in [3.63, 3.8) is 0 Å². The zero-order valence-corrected chi connectivity index (χ0v) is 15.4. The Labute approximate surface area is 151 Å². The van der Waals surface area contributed by atoms with E-state index in [2.05, 4.69) is 4.72 Å². The first kappa shape index (κ1) is 17.4. The molecule has 1 aliphatic carbocycles. The molecule has 0 aliphatic heterocycles. The molecule has 1 N–H and O–H groups in total. The van der Waals surface area contributed by atoms with E-state index in [1.165, 1.54) is 7.11 Å². The van der Waals surface area contributed by atoms with Crippen LogP contribution in [0.1, 0.15) is 24.0 Å². The van der Waals surface area contributed by atoms with Gasteiger partial charge in [0.15, 0.2) is 0 Å². The third-order valence-electron chi connectivity index (χ3n) is 4.11. The fourth-order valence-electron chi connectivity index (χ4n) is 2.89. The van der Waals surface area contributed by atoms with Crippen molar-refractivity contribution in [2.45, 2.75) is 30.6 Å². The molecule has 0 bridgehead atoms. The summed E-state index contributed by atoms with van der Waals surface area (Å²) in [7, 11) is -2.38. The van der Waals surface area contributed by atoms with Gasteiger partial charge in [-0.25, -0.2) is 8.42 Å². The summed E-state index contributed by atoms with van der Waals surface area (Å²) in [5.41, 5.74) is 2.45. The van der Waals surface area contributed by atoms with Crippen molar-refractivity contribution in [2.75, 3.05) is 11.8 Å². The van der Waals surface area contributed by atoms with Crippen LogP contribution in [0.3, 0.4) is 0 Å². The van der Waals surface area contributed by atoms with Crippen LogP contribution in [0.4, 0.5) is 5.69 Å². The van der Waals surface area contributed by atoms with Crippen LogP contribution in [-0.4, -0.2) is 15.5 Å². The van der Waals surface area contributed by atoms with E-state index in [1.807, 2.05) is 6.07 Å². The highest BCUT2D eigenvalue weighted by atomic mass is 35.5. The average molecular weight is 386 g/mol. The Bertz CT molecular complexity index is 882. The molecule has 2 aromatic carbocycles. The summed E-state index contributed by atoms with van der Waals surface area (Å²) in [5, 5.41) is 0.453. The molecule has 4 nitrogen and oxygen atoms in total. The number of rotatable bonds is 4. The minimum Gasteiger partial charge on any atom is -0.495 e. The molecule has 0 atom stereocenters. The lowest BCUT2D eigenvalue weighted by molar-refractivity contribution is 0.401. The molecule has 1 aliphatic rings. The van der Waals surface area contributed by atoms with Crippen LogP contribution in [0.15, 0.2) is 35.2 Å². The second kappa shape index (κ2) is 6.82. The molecule has 0 saturated carbocycles. The van der Waals surface area contributed by atoms with Crippen LogP contribution in [0, 0.1) is 0 Å². The fraction of sp³-hybridized carbons (Fsp3) is 0.294. The Hall–Kier alpha value is -1.43. The van der Waals surface area contributed by atoms with Crippen molar-refractivity contribution in [3.8, 4) is 5.75 Å². The molecule has 3 rings (SSSR count). The van der Waals surface area contributed by atoms with Crippen molar-refractivity contribution < 1.29 is 13.2 Å². The quantitative estimate of drug-likeness (QED) is 0.830. The number of methoxy groups -OCH3 is 1. The number of hydrogen-bond acceptors (Lipinski definition) is 3. The van der Waals surface area contributed by atoms with Gasteiger partial charge in [0.2, 0.25) is 0 Å². The van der Waals surface area contributed by atoms with Gasteiger partial charge >= 0.3 is 0 Å². The summed E-state index contributed by atoms with van der Waals surface area (Å²) >= 11 is 12.0. The van der Waals surface area contributed by atoms with Crippen molar-refractivity contribution in [3.05, 3.63) is 51.5 Å². The molecule has 0 unspecified atom stereocenters. The van der Waals surface area contributed by atoms with E-state index in [4.69, 9.17) is 27.9 Å². The van der Waals surface area contributed by atoms with Crippen LogP contribution in [0.2, 0.25) is 10.0 Å². The number of aryl methyl sites for hydroxylation is 2. The Kier molecular flexibility index (Phi) is 4.95. The fourth-order valence-corrected chi connectivity index (χ4v) is 4.57.